The highest BCUT2D eigenvalue weighted by atomic mass is 32.1. The highest BCUT2D eigenvalue weighted by Gasteiger charge is 2.33. The van der Waals surface area contributed by atoms with Gasteiger partial charge in [0.05, 0.1) is 0 Å². The molecule has 0 saturated carbocycles. The van der Waals surface area contributed by atoms with Crippen molar-refractivity contribution in [3.8, 4) is 17.2 Å². The predicted octanol–water partition coefficient (Wildman–Crippen LogP) is 5.99. The van der Waals surface area contributed by atoms with Crippen molar-refractivity contribution in [3.63, 3.8) is 0 Å². The van der Waals surface area contributed by atoms with Crippen LogP contribution in [0.5, 0.6) is 5.75 Å². The Morgan fingerprint density at radius 2 is 1.81 bits per heavy atom. The summed E-state index contributed by atoms with van der Waals surface area (Å²) in [6.07, 6.45) is 1.70. The number of ether oxygens (including phenoxy) is 1. The molecule has 4 rings (SSSR count). The van der Waals surface area contributed by atoms with Crippen molar-refractivity contribution in [1.82, 2.24) is 4.98 Å². The molecule has 4 aromatic rings. The zero-order valence-electron chi connectivity index (χ0n) is 17.9. The molecule has 1 atom stereocenters. The summed E-state index contributed by atoms with van der Waals surface area (Å²) < 4.78 is 6.07. The van der Waals surface area contributed by atoms with Crippen molar-refractivity contribution < 1.29 is 9.84 Å². The first-order valence-electron chi connectivity index (χ1n) is 10.2. The van der Waals surface area contributed by atoms with Crippen molar-refractivity contribution in [2.75, 3.05) is 0 Å². The van der Waals surface area contributed by atoms with Crippen LogP contribution >= 0.6 is 11.3 Å². The van der Waals surface area contributed by atoms with Gasteiger partial charge in [0.25, 0.3) is 0 Å². The van der Waals surface area contributed by atoms with E-state index in [4.69, 9.17) is 4.74 Å². The molecule has 0 aliphatic carbocycles. The fourth-order valence-electron chi connectivity index (χ4n) is 3.24. The molecule has 0 aliphatic rings. The maximum Gasteiger partial charge on any atom is 0.203 e. The molecule has 3 nitrogen and oxygen atoms in total. The van der Waals surface area contributed by atoms with E-state index in [1.54, 1.807) is 6.20 Å². The lowest BCUT2D eigenvalue weighted by Crippen LogP contribution is -2.27. The molecule has 31 heavy (non-hydrogen) atoms. The van der Waals surface area contributed by atoms with Crippen LogP contribution in [0.15, 0.2) is 78.3 Å². The van der Waals surface area contributed by atoms with E-state index in [1.807, 2.05) is 41.8 Å². The fourth-order valence-corrected chi connectivity index (χ4v) is 4.50. The summed E-state index contributed by atoms with van der Waals surface area (Å²) in [5, 5.41) is 16.4. The average molecular weight is 444 g/mol. The minimum Gasteiger partial charge on any atom is -0.489 e. The van der Waals surface area contributed by atoms with E-state index in [-0.39, 0.29) is 0 Å². The molecule has 156 valence electrons. The van der Waals surface area contributed by atoms with Crippen LogP contribution in [0.25, 0.3) is 10.8 Å². The van der Waals surface area contributed by atoms with E-state index in [0.717, 1.165) is 5.56 Å². The molecule has 0 spiro atoms. The van der Waals surface area contributed by atoms with Gasteiger partial charge in [0, 0.05) is 17.1 Å². The molecule has 0 saturated heterocycles. The van der Waals surface area contributed by atoms with Gasteiger partial charge in [-0.05, 0) is 34.5 Å². The first-order valence-corrected chi connectivity index (χ1v) is 14.6. The second kappa shape index (κ2) is 8.68. The number of aliphatic hydroxyl groups is 1. The molecule has 0 fully saturated rings. The number of thiazole rings is 1. The quantitative estimate of drug-likeness (QED) is 0.304. The van der Waals surface area contributed by atoms with Gasteiger partial charge in [0.1, 0.15) is 25.4 Å². The third kappa shape index (κ3) is 5.05. The first kappa shape index (κ1) is 21.3. The Morgan fingerprint density at radius 1 is 1.00 bits per heavy atom. The zero-order valence-corrected chi connectivity index (χ0v) is 19.7. The number of hydrogen-bond acceptors (Lipinski definition) is 4. The van der Waals surface area contributed by atoms with E-state index in [2.05, 4.69) is 66.4 Å². The summed E-state index contributed by atoms with van der Waals surface area (Å²) in [5.41, 5.74) is 3.63. The van der Waals surface area contributed by atoms with Crippen molar-refractivity contribution in [1.29, 1.82) is 0 Å². The summed E-state index contributed by atoms with van der Waals surface area (Å²) in [5.74, 6) is 3.83. The highest BCUT2D eigenvalue weighted by Crippen LogP contribution is 2.33. The SMILES string of the molecule is C[Si](C)(C)C#CC(O)(c1cccc(OCc2ccc3ccccc3c2)c1)c1nccs1. The molecule has 0 amide bonds. The summed E-state index contributed by atoms with van der Waals surface area (Å²) in [7, 11) is -1.68. The molecule has 0 radical (unpaired) electrons. The van der Waals surface area contributed by atoms with Crippen molar-refractivity contribution in [2.24, 2.45) is 0 Å². The molecule has 0 bridgehead atoms. The van der Waals surface area contributed by atoms with Crippen molar-refractivity contribution in [2.45, 2.75) is 31.8 Å². The van der Waals surface area contributed by atoms with Crippen LogP contribution in [0.2, 0.25) is 19.6 Å². The van der Waals surface area contributed by atoms with Gasteiger partial charge < -0.3 is 9.84 Å². The van der Waals surface area contributed by atoms with Crippen LogP contribution in [0.4, 0.5) is 0 Å². The number of nitrogens with zero attached hydrogens (tertiary/aromatic N) is 1. The lowest BCUT2D eigenvalue weighted by atomic mass is 9.95. The normalized spacial score (nSPS) is 13.3. The Bertz CT molecular complexity index is 1250. The molecule has 1 heterocycles. The molecule has 1 N–H and O–H groups in total. The summed E-state index contributed by atoms with van der Waals surface area (Å²) in [6, 6.07) is 22.1. The van der Waals surface area contributed by atoms with Gasteiger partial charge in [0.15, 0.2) is 0 Å². The smallest absolute Gasteiger partial charge is 0.203 e. The number of aromatic nitrogens is 1. The molecule has 5 heteroatoms. The molecular weight excluding hydrogens is 418 g/mol. The number of rotatable bonds is 5. The third-order valence-electron chi connectivity index (χ3n) is 4.83. The zero-order chi connectivity index (χ0) is 21.9. The second-order valence-electron chi connectivity index (χ2n) is 8.55. The van der Waals surface area contributed by atoms with Crippen LogP contribution in [-0.2, 0) is 12.2 Å². The lowest BCUT2D eigenvalue weighted by molar-refractivity contribution is 0.144. The Labute approximate surface area is 188 Å². The van der Waals surface area contributed by atoms with Gasteiger partial charge in [-0.15, -0.1) is 16.9 Å². The van der Waals surface area contributed by atoms with Crippen LogP contribution in [0.1, 0.15) is 16.1 Å². The fraction of sp³-hybridized carbons (Fsp3) is 0.192. The average Bonchev–Trinajstić information content (AvgIpc) is 3.31. The third-order valence-corrected chi connectivity index (χ3v) is 6.59. The highest BCUT2D eigenvalue weighted by molar-refractivity contribution is 7.09. The van der Waals surface area contributed by atoms with E-state index in [9.17, 15) is 5.11 Å². The molecule has 3 aromatic carbocycles. The van der Waals surface area contributed by atoms with Gasteiger partial charge in [-0.25, -0.2) is 4.98 Å². The van der Waals surface area contributed by atoms with E-state index in [0.29, 0.717) is 22.9 Å². The summed E-state index contributed by atoms with van der Waals surface area (Å²) in [4.78, 5) is 4.36. The van der Waals surface area contributed by atoms with Gasteiger partial charge >= 0.3 is 0 Å². The summed E-state index contributed by atoms with van der Waals surface area (Å²) >= 11 is 1.40. The van der Waals surface area contributed by atoms with Gasteiger partial charge in [0.2, 0.25) is 5.60 Å². The van der Waals surface area contributed by atoms with Gasteiger partial charge in [-0.3, -0.25) is 0 Å². The Balaban J connectivity index is 1.61. The van der Waals surface area contributed by atoms with Crippen LogP contribution in [-0.4, -0.2) is 18.2 Å². The Kier molecular flexibility index (Phi) is 5.97. The molecule has 1 unspecified atom stereocenters. The minimum absolute atomic E-state index is 0.449. The maximum absolute atomic E-state index is 11.6. The predicted molar refractivity (Wildman–Crippen MR) is 131 cm³/mol. The van der Waals surface area contributed by atoms with Gasteiger partial charge in [-0.2, -0.15) is 0 Å². The molecule has 0 aliphatic heterocycles. The van der Waals surface area contributed by atoms with Crippen molar-refractivity contribution >= 4 is 30.2 Å². The largest absolute Gasteiger partial charge is 0.489 e. The van der Waals surface area contributed by atoms with Crippen LogP contribution in [0.3, 0.4) is 0 Å². The maximum atomic E-state index is 11.6. The number of hydrogen-bond donors (Lipinski definition) is 1. The Morgan fingerprint density at radius 3 is 2.55 bits per heavy atom. The van der Waals surface area contributed by atoms with Gasteiger partial charge in [-0.1, -0.05) is 74.1 Å². The van der Waals surface area contributed by atoms with E-state index in [1.165, 1.54) is 22.1 Å². The number of benzene rings is 3. The summed E-state index contributed by atoms with van der Waals surface area (Å²) in [6.45, 7) is 6.92. The first-order chi connectivity index (χ1) is 14.8. The van der Waals surface area contributed by atoms with E-state index >= 15 is 0 Å². The molecule has 1 aromatic heterocycles. The van der Waals surface area contributed by atoms with E-state index < -0.39 is 13.7 Å². The standard InChI is InChI=1S/C26H25NO2SSi/c1-31(2,3)16-13-26(28,25-27-14-15-30-25)23-9-6-10-24(18-23)29-19-20-11-12-21-7-4-5-8-22(21)17-20/h4-12,14-15,17-18,28H,19H2,1-3H3. The minimum atomic E-state index is -1.68. The van der Waals surface area contributed by atoms with Crippen LogP contribution < -0.4 is 4.74 Å². The number of fused-ring (bicyclic) bond motifs is 1. The topological polar surface area (TPSA) is 42.4 Å². The second-order valence-corrected chi connectivity index (χ2v) is 14.2. The van der Waals surface area contributed by atoms with Crippen LogP contribution in [0, 0.1) is 11.5 Å². The monoisotopic (exact) mass is 443 g/mol. The lowest BCUT2D eigenvalue weighted by Gasteiger charge is -2.22. The van der Waals surface area contributed by atoms with Crippen molar-refractivity contribution in [3.05, 3.63) is 94.4 Å². The Hall–Kier alpha value is -2.91. The molecular formula is C26H25NO2SSi.